The summed E-state index contributed by atoms with van der Waals surface area (Å²) >= 11 is 0. The molecule has 2 N–H and O–H groups in total. The van der Waals surface area contributed by atoms with Crippen molar-refractivity contribution < 1.29 is 37.9 Å². The highest BCUT2D eigenvalue weighted by Gasteiger charge is 2.23. The van der Waals surface area contributed by atoms with Crippen molar-refractivity contribution in [2.45, 2.75) is 225 Å². The molecule has 0 aliphatic heterocycles. The van der Waals surface area contributed by atoms with Crippen molar-refractivity contribution in [3.05, 3.63) is 48.6 Å². The van der Waals surface area contributed by atoms with Crippen molar-refractivity contribution in [3.8, 4) is 0 Å². The van der Waals surface area contributed by atoms with Gasteiger partial charge in [0.15, 0.2) is 6.10 Å². The highest BCUT2D eigenvalue weighted by Crippen LogP contribution is 2.36. The molecule has 0 bridgehead atoms. The van der Waals surface area contributed by atoms with E-state index in [1.165, 1.54) is 116 Å². The van der Waals surface area contributed by atoms with E-state index in [1.54, 1.807) is 0 Å². The lowest BCUT2D eigenvalue weighted by Gasteiger charge is -2.18. The Kier molecular flexibility index (Phi) is 41.1. The molecular weight excluding hydrogens is 723 g/mol. The summed E-state index contributed by atoms with van der Waals surface area (Å²) in [6.45, 7) is 3.59. The molecule has 0 saturated carbocycles. The van der Waals surface area contributed by atoms with Crippen LogP contribution in [-0.4, -0.2) is 41.0 Å². The van der Waals surface area contributed by atoms with Crippen molar-refractivity contribution >= 4 is 19.8 Å². The normalized spacial score (nSPS) is 12.9. The number of rotatable bonds is 42. The zero-order valence-electron chi connectivity index (χ0n) is 36.0. The van der Waals surface area contributed by atoms with Crippen LogP contribution < -0.4 is 0 Å². The predicted octanol–water partition coefficient (Wildman–Crippen LogP) is 14.3. The first-order valence-corrected chi connectivity index (χ1v) is 24.5. The molecule has 1 unspecified atom stereocenters. The van der Waals surface area contributed by atoms with Crippen LogP contribution >= 0.6 is 7.82 Å². The number of allylic oxidation sites excluding steroid dienone is 8. The van der Waals surface area contributed by atoms with E-state index >= 15 is 0 Å². The van der Waals surface area contributed by atoms with Gasteiger partial charge in [0.2, 0.25) is 0 Å². The fourth-order valence-corrected chi connectivity index (χ4v) is 6.84. The molecule has 1 atom stereocenters. The molecule has 0 saturated heterocycles. The Morgan fingerprint density at radius 3 is 1.29 bits per heavy atom. The van der Waals surface area contributed by atoms with Crippen LogP contribution in [0.15, 0.2) is 48.6 Å². The monoisotopic (exact) mass is 809 g/mol. The van der Waals surface area contributed by atoms with Gasteiger partial charge < -0.3 is 19.3 Å². The number of esters is 2. The Morgan fingerprint density at radius 1 is 0.482 bits per heavy atom. The van der Waals surface area contributed by atoms with Crippen LogP contribution in [0, 0.1) is 0 Å². The van der Waals surface area contributed by atoms with Gasteiger partial charge in [-0.2, -0.15) is 0 Å². The van der Waals surface area contributed by atoms with Crippen LogP contribution in [0.3, 0.4) is 0 Å². The molecule has 9 heteroatoms. The van der Waals surface area contributed by atoms with E-state index in [2.05, 4.69) is 67.0 Å². The van der Waals surface area contributed by atoms with E-state index in [-0.39, 0.29) is 19.4 Å². The van der Waals surface area contributed by atoms with Crippen molar-refractivity contribution in [2.75, 3.05) is 13.2 Å². The Bertz CT molecular complexity index is 1050. The van der Waals surface area contributed by atoms with Gasteiger partial charge in [0.05, 0.1) is 6.61 Å². The van der Waals surface area contributed by atoms with Crippen LogP contribution in [0.1, 0.15) is 219 Å². The van der Waals surface area contributed by atoms with Crippen molar-refractivity contribution in [2.24, 2.45) is 0 Å². The van der Waals surface area contributed by atoms with E-state index in [0.717, 1.165) is 70.6 Å². The second kappa shape index (κ2) is 42.6. The first kappa shape index (κ1) is 54.0. The lowest BCUT2D eigenvalue weighted by Crippen LogP contribution is -2.29. The fourth-order valence-electron chi connectivity index (χ4n) is 6.48. The lowest BCUT2D eigenvalue weighted by molar-refractivity contribution is -0.161. The summed E-state index contributed by atoms with van der Waals surface area (Å²) in [5.41, 5.74) is 0. The molecule has 326 valence electrons. The maximum absolute atomic E-state index is 12.4. The number of hydrogen-bond donors (Lipinski definition) is 2. The number of unbranched alkanes of at least 4 members (excludes halogenated alkanes) is 24. The molecule has 0 aromatic carbocycles. The van der Waals surface area contributed by atoms with Gasteiger partial charge in [0, 0.05) is 12.8 Å². The largest absolute Gasteiger partial charge is 0.469 e. The van der Waals surface area contributed by atoms with Crippen LogP contribution in [0.2, 0.25) is 0 Å². The van der Waals surface area contributed by atoms with Crippen LogP contribution in [-0.2, 0) is 28.2 Å². The van der Waals surface area contributed by atoms with Crippen molar-refractivity contribution in [1.29, 1.82) is 0 Å². The van der Waals surface area contributed by atoms with E-state index in [1.807, 2.05) is 0 Å². The highest BCUT2D eigenvalue weighted by atomic mass is 31.2. The number of carbonyl (C=O) groups excluding carboxylic acids is 2. The lowest BCUT2D eigenvalue weighted by atomic mass is 10.0. The smallest absolute Gasteiger partial charge is 0.462 e. The zero-order valence-corrected chi connectivity index (χ0v) is 36.9. The summed E-state index contributed by atoms with van der Waals surface area (Å²) in [6, 6.07) is 0. The molecule has 0 amide bonds. The molecule has 0 radical (unpaired) electrons. The summed E-state index contributed by atoms with van der Waals surface area (Å²) in [7, 11) is -4.76. The summed E-state index contributed by atoms with van der Waals surface area (Å²) < 4.78 is 26.5. The minimum Gasteiger partial charge on any atom is -0.462 e. The van der Waals surface area contributed by atoms with Gasteiger partial charge in [-0.1, -0.05) is 204 Å². The third kappa shape index (κ3) is 44.7. The topological polar surface area (TPSA) is 119 Å². The predicted molar refractivity (Wildman–Crippen MR) is 234 cm³/mol. The van der Waals surface area contributed by atoms with E-state index < -0.39 is 32.5 Å². The minimum atomic E-state index is -4.76. The minimum absolute atomic E-state index is 0.207. The molecule has 0 heterocycles. The number of phosphoric acid groups is 1. The first-order chi connectivity index (χ1) is 27.3. The molecule has 0 rings (SSSR count). The molecule has 0 fully saturated rings. The Labute approximate surface area is 344 Å². The SMILES string of the molecule is CC/C=C\C/C=C\C/C=C\C/C=C\CCCCCCCCCCCCC(=O)OC(COC(=O)CCCCCCCCCCCCCCCCC)COP(=O)(O)O. The molecule has 0 aromatic rings. The summed E-state index contributed by atoms with van der Waals surface area (Å²) in [5, 5.41) is 0. The van der Waals surface area contributed by atoms with E-state index in [9.17, 15) is 14.2 Å². The van der Waals surface area contributed by atoms with Crippen LogP contribution in [0.4, 0.5) is 0 Å². The van der Waals surface area contributed by atoms with Gasteiger partial charge in [0.1, 0.15) is 6.61 Å². The van der Waals surface area contributed by atoms with Crippen LogP contribution in [0.25, 0.3) is 0 Å². The highest BCUT2D eigenvalue weighted by molar-refractivity contribution is 7.46. The average Bonchev–Trinajstić information content (AvgIpc) is 3.17. The van der Waals surface area contributed by atoms with Gasteiger partial charge in [-0.25, -0.2) is 4.57 Å². The Balaban J connectivity index is 3.86. The summed E-state index contributed by atoms with van der Waals surface area (Å²) in [4.78, 5) is 43.0. The van der Waals surface area contributed by atoms with Gasteiger partial charge >= 0.3 is 19.8 Å². The third-order valence-electron chi connectivity index (χ3n) is 9.86. The number of ether oxygens (including phenoxy) is 2. The van der Waals surface area contributed by atoms with E-state index in [0.29, 0.717) is 6.42 Å². The second-order valence-corrected chi connectivity index (χ2v) is 16.6. The Hall–Kier alpha value is -1.99. The second-order valence-electron chi connectivity index (χ2n) is 15.4. The number of hydrogen-bond acceptors (Lipinski definition) is 6. The quantitative estimate of drug-likeness (QED) is 0.0271. The maximum atomic E-state index is 12.4. The third-order valence-corrected chi connectivity index (χ3v) is 10.3. The molecule has 0 spiro atoms. The van der Waals surface area contributed by atoms with Crippen molar-refractivity contribution in [1.82, 2.24) is 0 Å². The fraction of sp³-hybridized carbons (Fsp3) is 0.787. The summed E-state index contributed by atoms with van der Waals surface area (Å²) in [6.07, 6.45) is 52.6. The standard InChI is InChI=1S/C47H85O8P/c1-3-5-7-9-11-13-15-17-19-20-21-22-23-24-25-26-28-30-32-34-36-38-40-42-47(49)55-45(44-54-56(50,51)52)43-53-46(48)41-39-37-35-33-31-29-27-18-16-14-12-10-8-6-4-2/h5,7,11,13,17,19,21-22,45H,3-4,6,8-10,12,14-16,18,20,23-44H2,1-2H3,(H2,50,51,52)/b7-5-,13-11-,19-17-,22-21-. The first-order valence-electron chi connectivity index (χ1n) is 22.9. The number of carbonyl (C=O) groups is 2. The average molecular weight is 809 g/mol. The van der Waals surface area contributed by atoms with E-state index in [4.69, 9.17) is 19.3 Å². The molecule has 8 nitrogen and oxygen atoms in total. The molecule has 56 heavy (non-hydrogen) atoms. The zero-order chi connectivity index (χ0) is 41.1. The maximum Gasteiger partial charge on any atom is 0.469 e. The summed E-state index contributed by atoms with van der Waals surface area (Å²) in [5.74, 6) is -0.883. The molecular formula is C47H85O8P. The Morgan fingerprint density at radius 2 is 0.857 bits per heavy atom. The molecule has 0 aliphatic rings. The van der Waals surface area contributed by atoms with Gasteiger partial charge in [-0.3, -0.25) is 14.1 Å². The van der Waals surface area contributed by atoms with Gasteiger partial charge in [0.25, 0.3) is 0 Å². The number of phosphoric ester groups is 1. The van der Waals surface area contributed by atoms with Gasteiger partial charge in [-0.15, -0.1) is 0 Å². The van der Waals surface area contributed by atoms with Crippen molar-refractivity contribution in [3.63, 3.8) is 0 Å². The molecule has 0 aromatic heterocycles. The van der Waals surface area contributed by atoms with Crippen LogP contribution in [0.5, 0.6) is 0 Å². The van der Waals surface area contributed by atoms with Gasteiger partial charge in [-0.05, 0) is 51.4 Å². The molecule has 0 aliphatic carbocycles.